The second-order valence-electron chi connectivity index (χ2n) is 5.95. The van der Waals surface area contributed by atoms with E-state index in [-0.39, 0.29) is 34.4 Å². The van der Waals surface area contributed by atoms with Crippen molar-refractivity contribution >= 4 is 56.8 Å². The summed E-state index contributed by atoms with van der Waals surface area (Å²) in [5.74, 6) is -1.73. The number of amides is 1. The monoisotopic (exact) mass is 435 g/mol. The number of nitrogens with one attached hydrogen (secondary N) is 1. The largest absolute Gasteiger partial charge is 0.462 e. The molecule has 1 amide bonds. The summed E-state index contributed by atoms with van der Waals surface area (Å²) in [6.45, 7) is 5.30. The highest BCUT2D eigenvalue weighted by Crippen LogP contribution is 2.35. The van der Waals surface area contributed by atoms with Gasteiger partial charge in [-0.1, -0.05) is 11.6 Å². The lowest BCUT2D eigenvalue weighted by atomic mass is 10.1. The van der Waals surface area contributed by atoms with Crippen LogP contribution in [0.3, 0.4) is 0 Å². The summed E-state index contributed by atoms with van der Waals surface area (Å²) in [7, 11) is 0. The van der Waals surface area contributed by atoms with Gasteiger partial charge in [-0.3, -0.25) is 4.79 Å². The van der Waals surface area contributed by atoms with Crippen molar-refractivity contribution in [1.82, 2.24) is 0 Å². The van der Waals surface area contributed by atoms with Gasteiger partial charge in [0.15, 0.2) is 5.76 Å². The maximum absolute atomic E-state index is 12.7. The van der Waals surface area contributed by atoms with Crippen LogP contribution in [-0.2, 0) is 9.47 Å². The van der Waals surface area contributed by atoms with Crippen molar-refractivity contribution in [1.29, 1.82) is 0 Å². The number of halogens is 1. The predicted molar refractivity (Wildman–Crippen MR) is 110 cm³/mol. The summed E-state index contributed by atoms with van der Waals surface area (Å²) in [6, 6.07) is 6.54. The van der Waals surface area contributed by atoms with Gasteiger partial charge in [-0.15, -0.1) is 11.3 Å². The molecule has 0 bridgehead atoms. The minimum Gasteiger partial charge on any atom is -0.462 e. The van der Waals surface area contributed by atoms with Crippen molar-refractivity contribution in [3.8, 4) is 0 Å². The van der Waals surface area contributed by atoms with Gasteiger partial charge in [0.1, 0.15) is 15.5 Å². The topological polar surface area (TPSA) is 94.8 Å². The Morgan fingerprint density at radius 1 is 1.10 bits per heavy atom. The summed E-state index contributed by atoms with van der Waals surface area (Å²) in [6.07, 6.45) is 0. The lowest BCUT2D eigenvalue weighted by Crippen LogP contribution is -2.14. The van der Waals surface area contributed by atoms with Crippen LogP contribution in [0.2, 0.25) is 5.02 Å². The van der Waals surface area contributed by atoms with E-state index in [9.17, 15) is 14.4 Å². The van der Waals surface area contributed by atoms with Gasteiger partial charge in [0, 0.05) is 10.4 Å². The predicted octanol–water partition coefficient (Wildman–Crippen LogP) is 5.06. The number of esters is 2. The Kier molecular flexibility index (Phi) is 6.24. The van der Waals surface area contributed by atoms with Crippen LogP contribution in [0.15, 0.2) is 28.7 Å². The molecule has 3 aromatic rings. The molecule has 0 saturated heterocycles. The number of benzene rings is 1. The summed E-state index contributed by atoms with van der Waals surface area (Å²) < 4.78 is 15.7. The van der Waals surface area contributed by atoms with Gasteiger partial charge in [0.2, 0.25) is 0 Å². The van der Waals surface area contributed by atoms with Crippen LogP contribution < -0.4 is 5.32 Å². The zero-order valence-electron chi connectivity index (χ0n) is 16.0. The second kappa shape index (κ2) is 8.67. The Balaban J connectivity index is 1.97. The van der Waals surface area contributed by atoms with Crippen LogP contribution in [0, 0.1) is 6.92 Å². The highest BCUT2D eigenvalue weighted by Gasteiger charge is 2.28. The first kappa shape index (κ1) is 20.9. The number of carbonyl (C=O) groups excluding carboxylic acids is 3. The van der Waals surface area contributed by atoms with E-state index in [1.165, 1.54) is 0 Å². The Bertz CT molecular complexity index is 1100. The Morgan fingerprint density at radius 3 is 2.48 bits per heavy atom. The van der Waals surface area contributed by atoms with Gasteiger partial charge in [-0.2, -0.15) is 0 Å². The summed E-state index contributed by atoms with van der Waals surface area (Å²) in [5.41, 5.74) is 1.01. The number of furan rings is 1. The number of hydrogen-bond acceptors (Lipinski definition) is 7. The molecule has 152 valence electrons. The van der Waals surface area contributed by atoms with Crippen LogP contribution in [0.4, 0.5) is 5.00 Å². The molecule has 0 aliphatic rings. The first-order valence-electron chi connectivity index (χ1n) is 8.83. The van der Waals surface area contributed by atoms with Crippen molar-refractivity contribution in [2.24, 2.45) is 0 Å². The average molecular weight is 436 g/mol. The molecule has 0 saturated carbocycles. The number of fused-ring (bicyclic) bond motifs is 1. The Labute approximate surface area is 175 Å². The molecule has 9 heteroatoms. The minimum atomic E-state index is -0.636. The molecule has 0 spiro atoms. The molecular formula is C20H18ClNO6S. The van der Waals surface area contributed by atoms with Gasteiger partial charge >= 0.3 is 11.9 Å². The molecule has 1 aromatic carbocycles. The van der Waals surface area contributed by atoms with Crippen molar-refractivity contribution in [3.05, 3.63) is 51.1 Å². The molecule has 2 heterocycles. The quantitative estimate of drug-likeness (QED) is 0.543. The smallest absolute Gasteiger partial charge is 0.348 e. The molecule has 0 radical (unpaired) electrons. The van der Waals surface area contributed by atoms with Crippen LogP contribution in [-0.4, -0.2) is 31.1 Å². The van der Waals surface area contributed by atoms with Crippen LogP contribution in [0.1, 0.15) is 50.0 Å². The van der Waals surface area contributed by atoms with Gasteiger partial charge in [0.05, 0.1) is 18.8 Å². The first-order chi connectivity index (χ1) is 13.8. The fraction of sp³-hybridized carbons (Fsp3) is 0.250. The van der Waals surface area contributed by atoms with Crippen molar-refractivity contribution in [2.75, 3.05) is 18.5 Å². The second-order valence-corrected chi connectivity index (χ2v) is 7.41. The molecule has 0 aliphatic carbocycles. The van der Waals surface area contributed by atoms with Crippen LogP contribution in [0.5, 0.6) is 0 Å². The van der Waals surface area contributed by atoms with Crippen molar-refractivity contribution in [3.63, 3.8) is 0 Å². The highest BCUT2D eigenvalue weighted by atomic mass is 35.5. The number of rotatable bonds is 6. The molecule has 3 rings (SSSR count). The fourth-order valence-corrected chi connectivity index (χ4v) is 4.00. The van der Waals surface area contributed by atoms with E-state index >= 15 is 0 Å². The highest BCUT2D eigenvalue weighted by molar-refractivity contribution is 7.18. The maximum atomic E-state index is 12.7. The third kappa shape index (κ3) is 4.28. The maximum Gasteiger partial charge on any atom is 0.348 e. The lowest BCUT2D eigenvalue weighted by Gasteiger charge is -2.06. The Morgan fingerprint density at radius 2 is 1.79 bits per heavy atom. The van der Waals surface area contributed by atoms with Crippen molar-refractivity contribution < 1.29 is 28.3 Å². The molecule has 2 aromatic heterocycles. The molecule has 7 nitrogen and oxygen atoms in total. The van der Waals surface area contributed by atoms with E-state index in [1.54, 1.807) is 45.0 Å². The molecular weight excluding hydrogens is 418 g/mol. The van der Waals surface area contributed by atoms with E-state index in [0.29, 0.717) is 21.6 Å². The summed E-state index contributed by atoms with van der Waals surface area (Å²) in [5, 5.41) is 4.02. The normalized spacial score (nSPS) is 10.8. The Hall–Kier alpha value is -2.84. The van der Waals surface area contributed by atoms with Gasteiger partial charge in [-0.05, 0) is 50.6 Å². The molecule has 0 aliphatic heterocycles. The van der Waals surface area contributed by atoms with Gasteiger partial charge < -0.3 is 19.2 Å². The first-order valence-corrected chi connectivity index (χ1v) is 10.0. The van der Waals surface area contributed by atoms with Crippen LogP contribution >= 0.6 is 22.9 Å². The number of ether oxygens (including phenoxy) is 2. The average Bonchev–Trinajstić information content (AvgIpc) is 3.22. The third-order valence-electron chi connectivity index (χ3n) is 4.02. The SMILES string of the molecule is CCOC(=O)c1sc(NC(=O)c2cc3cc(Cl)ccc3o2)c(C(=O)OCC)c1C. The standard InChI is InChI=1S/C20H18ClNO6S/c1-4-26-19(24)15-10(3)16(20(25)27-5-2)29-18(15)22-17(23)14-9-11-8-12(21)6-7-13(11)28-14/h6-9H,4-5H2,1-3H3,(H,22,23). The van der Waals surface area contributed by atoms with Gasteiger partial charge in [-0.25, -0.2) is 9.59 Å². The zero-order valence-corrected chi connectivity index (χ0v) is 17.5. The van der Waals surface area contributed by atoms with Crippen molar-refractivity contribution in [2.45, 2.75) is 20.8 Å². The van der Waals surface area contributed by atoms with E-state index < -0.39 is 17.8 Å². The lowest BCUT2D eigenvalue weighted by molar-refractivity contribution is 0.0527. The number of thiophene rings is 1. The number of carbonyl (C=O) groups is 3. The van der Waals surface area contributed by atoms with E-state index in [4.69, 9.17) is 25.5 Å². The van der Waals surface area contributed by atoms with E-state index in [2.05, 4.69) is 5.32 Å². The summed E-state index contributed by atoms with van der Waals surface area (Å²) >= 11 is 6.91. The summed E-state index contributed by atoms with van der Waals surface area (Å²) in [4.78, 5) is 37.6. The third-order valence-corrected chi connectivity index (χ3v) is 5.44. The van der Waals surface area contributed by atoms with E-state index in [1.807, 2.05) is 0 Å². The number of anilines is 1. The molecule has 0 unspecified atom stereocenters. The minimum absolute atomic E-state index is 0.0424. The molecule has 0 fully saturated rings. The molecule has 29 heavy (non-hydrogen) atoms. The van der Waals surface area contributed by atoms with Gasteiger partial charge in [0.25, 0.3) is 5.91 Å². The van der Waals surface area contributed by atoms with Crippen LogP contribution in [0.25, 0.3) is 11.0 Å². The number of hydrogen-bond donors (Lipinski definition) is 1. The molecule has 0 atom stereocenters. The van der Waals surface area contributed by atoms with E-state index in [0.717, 1.165) is 11.3 Å². The zero-order chi connectivity index (χ0) is 21.1. The fourth-order valence-electron chi connectivity index (χ4n) is 2.73. The molecule has 1 N–H and O–H groups in total.